The normalized spacial score (nSPS) is 16.4. The molecule has 1 heterocycles. The molecule has 0 radical (unpaired) electrons. The van der Waals surface area contributed by atoms with Crippen molar-refractivity contribution >= 4 is 28.3 Å². The Bertz CT molecular complexity index is 580. The van der Waals surface area contributed by atoms with Crippen LogP contribution in [-0.2, 0) is 6.54 Å². The Kier molecular flexibility index (Phi) is 4.27. The SMILES string of the molecule is CC(c1ccc(I)cc1)N1CCNCc2ccccc21. The van der Waals surface area contributed by atoms with Crippen LogP contribution in [0.5, 0.6) is 0 Å². The summed E-state index contributed by atoms with van der Waals surface area (Å²) in [6.45, 7) is 5.34. The van der Waals surface area contributed by atoms with Gasteiger partial charge in [0.2, 0.25) is 0 Å². The highest BCUT2D eigenvalue weighted by Gasteiger charge is 2.20. The molecule has 0 amide bonds. The van der Waals surface area contributed by atoms with E-state index in [0.717, 1.165) is 19.6 Å². The van der Waals surface area contributed by atoms with Crippen LogP contribution in [0.15, 0.2) is 48.5 Å². The Labute approximate surface area is 134 Å². The molecule has 20 heavy (non-hydrogen) atoms. The van der Waals surface area contributed by atoms with Gasteiger partial charge in [-0.25, -0.2) is 0 Å². The maximum Gasteiger partial charge on any atom is 0.0514 e. The molecule has 0 aliphatic carbocycles. The van der Waals surface area contributed by atoms with Crippen LogP contribution in [0.2, 0.25) is 0 Å². The number of fused-ring (bicyclic) bond motifs is 1. The Balaban J connectivity index is 1.94. The fraction of sp³-hybridized carbons (Fsp3) is 0.294. The van der Waals surface area contributed by atoms with Gasteiger partial charge in [-0.15, -0.1) is 0 Å². The lowest BCUT2D eigenvalue weighted by Gasteiger charge is -2.31. The largest absolute Gasteiger partial charge is 0.363 e. The van der Waals surface area contributed by atoms with Crippen molar-refractivity contribution in [2.75, 3.05) is 18.0 Å². The van der Waals surface area contributed by atoms with E-state index in [1.165, 1.54) is 20.4 Å². The molecule has 1 unspecified atom stereocenters. The zero-order valence-electron chi connectivity index (χ0n) is 11.6. The van der Waals surface area contributed by atoms with Gasteiger partial charge in [-0.2, -0.15) is 0 Å². The van der Waals surface area contributed by atoms with E-state index in [9.17, 15) is 0 Å². The van der Waals surface area contributed by atoms with Gasteiger partial charge in [0.1, 0.15) is 0 Å². The summed E-state index contributed by atoms with van der Waals surface area (Å²) >= 11 is 2.36. The number of rotatable bonds is 2. The molecule has 0 saturated carbocycles. The third-order valence-corrected chi connectivity index (χ3v) is 4.69. The molecule has 2 nitrogen and oxygen atoms in total. The molecule has 0 fully saturated rings. The number of nitrogens with zero attached hydrogens (tertiary/aromatic N) is 1. The van der Waals surface area contributed by atoms with Crippen LogP contribution >= 0.6 is 22.6 Å². The summed E-state index contributed by atoms with van der Waals surface area (Å²) in [6, 6.07) is 18.0. The molecule has 1 aliphatic heterocycles. The first-order valence-electron chi connectivity index (χ1n) is 7.06. The molecule has 3 rings (SSSR count). The Hall–Kier alpha value is -1.07. The average Bonchev–Trinajstić information content (AvgIpc) is 2.69. The molecular weight excluding hydrogens is 359 g/mol. The molecule has 104 valence electrons. The first-order chi connectivity index (χ1) is 9.75. The van der Waals surface area contributed by atoms with Crippen molar-refractivity contribution in [2.24, 2.45) is 0 Å². The van der Waals surface area contributed by atoms with Gasteiger partial charge in [-0.1, -0.05) is 30.3 Å². The molecule has 0 saturated heterocycles. The Morgan fingerprint density at radius 1 is 1.10 bits per heavy atom. The van der Waals surface area contributed by atoms with Crippen LogP contribution in [0.3, 0.4) is 0 Å². The first kappa shape index (κ1) is 13.9. The maximum atomic E-state index is 3.51. The molecule has 2 aromatic rings. The summed E-state index contributed by atoms with van der Waals surface area (Å²) in [5.41, 5.74) is 4.13. The summed E-state index contributed by atoms with van der Waals surface area (Å²) in [4.78, 5) is 2.51. The second-order valence-corrected chi connectivity index (χ2v) is 6.47. The number of hydrogen-bond donors (Lipinski definition) is 1. The van der Waals surface area contributed by atoms with Crippen molar-refractivity contribution in [3.8, 4) is 0 Å². The summed E-state index contributed by atoms with van der Waals surface area (Å²) < 4.78 is 1.29. The number of hydrogen-bond acceptors (Lipinski definition) is 2. The topological polar surface area (TPSA) is 15.3 Å². The van der Waals surface area contributed by atoms with Crippen molar-refractivity contribution in [2.45, 2.75) is 19.5 Å². The van der Waals surface area contributed by atoms with Gasteiger partial charge in [0.15, 0.2) is 0 Å². The number of para-hydroxylation sites is 1. The van der Waals surface area contributed by atoms with Gasteiger partial charge in [0, 0.05) is 28.9 Å². The van der Waals surface area contributed by atoms with Crippen LogP contribution in [0.25, 0.3) is 0 Å². The third-order valence-electron chi connectivity index (χ3n) is 3.97. The minimum Gasteiger partial charge on any atom is -0.363 e. The van der Waals surface area contributed by atoms with E-state index in [1.807, 2.05) is 0 Å². The van der Waals surface area contributed by atoms with E-state index in [2.05, 4.69) is 88.3 Å². The van der Waals surface area contributed by atoms with Gasteiger partial charge in [0.05, 0.1) is 6.04 Å². The zero-order valence-corrected chi connectivity index (χ0v) is 13.8. The molecule has 1 atom stereocenters. The lowest BCUT2D eigenvalue weighted by atomic mass is 10.0. The molecule has 3 heteroatoms. The lowest BCUT2D eigenvalue weighted by Crippen LogP contribution is -2.31. The fourth-order valence-corrected chi connectivity index (χ4v) is 3.17. The van der Waals surface area contributed by atoms with Crippen LogP contribution in [-0.4, -0.2) is 13.1 Å². The van der Waals surface area contributed by atoms with Crippen molar-refractivity contribution in [1.29, 1.82) is 0 Å². The monoisotopic (exact) mass is 378 g/mol. The van der Waals surface area contributed by atoms with E-state index in [-0.39, 0.29) is 0 Å². The second-order valence-electron chi connectivity index (χ2n) is 5.23. The smallest absolute Gasteiger partial charge is 0.0514 e. The summed E-state index contributed by atoms with van der Waals surface area (Å²) in [7, 11) is 0. The van der Waals surface area contributed by atoms with Crippen molar-refractivity contribution in [3.63, 3.8) is 0 Å². The standard InChI is InChI=1S/C17H19IN2/c1-13(14-6-8-16(18)9-7-14)20-11-10-19-12-15-4-2-3-5-17(15)20/h2-9,13,19H,10-12H2,1H3. The lowest BCUT2D eigenvalue weighted by molar-refractivity contribution is 0.638. The third kappa shape index (κ3) is 2.83. The molecule has 0 spiro atoms. The Morgan fingerprint density at radius 2 is 1.85 bits per heavy atom. The predicted octanol–water partition coefficient (Wildman–Crippen LogP) is 3.96. The first-order valence-corrected chi connectivity index (χ1v) is 8.14. The van der Waals surface area contributed by atoms with Gasteiger partial charge in [-0.3, -0.25) is 0 Å². The quantitative estimate of drug-likeness (QED) is 0.796. The molecule has 1 aliphatic rings. The molecular formula is C17H19IN2. The summed E-state index contributed by atoms with van der Waals surface area (Å²) in [5, 5.41) is 3.51. The van der Waals surface area contributed by atoms with Gasteiger partial charge < -0.3 is 10.2 Å². The average molecular weight is 378 g/mol. The highest BCUT2D eigenvalue weighted by atomic mass is 127. The van der Waals surface area contributed by atoms with Crippen LogP contribution in [0, 0.1) is 3.57 Å². The number of anilines is 1. The van der Waals surface area contributed by atoms with E-state index in [1.54, 1.807) is 0 Å². The number of nitrogens with one attached hydrogen (secondary N) is 1. The maximum absolute atomic E-state index is 3.51. The minimum atomic E-state index is 0.396. The predicted molar refractivity (Wildman–Crippen MR) is 93.1 cm³/mol. The van der Waals surface area contributed by atoms with E-state index in [4.69, 9.17) is 0 Å². The molecule has 0 aromatic heterocycles. The highest BCUT2D eigenvalue weighted by Crippen LogP contribution is 2.30. The van der Waals surface area contributed by atoms with Crippen molar-refractivity contribution in [1.82, 2.24) is 5.32 Å². The van der Waals surface area contributed by atoms with Gasteiger partial charge in [-0.05, 0) is 58.8 Å². The van der Waals surface area contributed by atoms with Crippen molar-refractivity contribution in [3.05, 3.63) is 63.2 Å². The van der Waals surface area contributed by atoms with Crippen LogP contribution in [0.4, 0.5) is 5.69 Å². The Morgan fingerprint density at radius 3 is 2.65 bits per heavy atom. The van der Waals surface area contributed by atoms with Gasteiger partial charge >= 0.3 is 0 Å². The number of halogens is 1. The van der Waals surface area contributed by atoms with Gasteiger partial charge in [0.25, 0.3) is 0 Å². The molecule has 1 N–H and O–H groups in total. The fourth-order valence-electron chi connectivity index (χ4n) is 2.81. The van der Waals surface area contributed by atoms with Crippen LogP contribution in [0.1, 0.15) is 24.1 Å². The van der Waals surface area contributed by atoms with E-state index >= 15 is 0 Å². The van der Waals surface area contributed by atoms with E-state index in [0.29, 0.717) is 6.04 Å². The second kappa shape index (κ2) is 6.14. The highest BCUT2D eigenvalue weighted by molar-refractivity contribution is 14.1. The molecule has 0 bridgehead atoms. The zero-order chi connectivity index (χ0) is 13.9. The summed E-state index contributed by atoms with van der Waals surface area (Å²) in [6.07, 6.45) is 0. The summed E-state index contributed by atoms with van der Waals surface area (Å²) in [5.74, 6) is 0. The minimum absolute atomic E-state index is 0.396. The van der Waals surface area contributed by atoms with Crippen LogP contribution < -0.4 is 10.2 Å². The molecule has 2 aromatic carbocycles. The number of benzene rings is 2. The van der Waals surface area contributed by atoms with E-state index < -0.39 is 0 Å². The van der Waals surface area contributed by atoms with Crippen molar-refractivity contribution < 1.29 is 0 Å².